The van der Waals surface area contributed by atoms with Gasteiger partial charge in [-0.3, -0.25) is 9.59 Å². The number of carbonyl (C=O) groups is 4. The highest BCUT2D eigenvalue weighted by molar-refractivity contribution is 5.83. The molecule has 9 heteroatoms. The van der Waals surface area contributed by atoms with Crippen molar-refractivity contribution >= 4 is 23.9 Å². The van der Waals surface area contributed by atoms with Crippen LogP contribution in [0.15, 0.2) is 0 Å². The van der Waals surface area contributed by atoms with E-state index in [-0.39, 0.29) is 25.8 Å². The quantitative estimate of drug-likeness (QED) is 0.506. The van der Waals surface area contributed by atoms with Crippen molar-refractivity contribution in [3.8, 4) is 0 Å². The fourth-order valence-corrected chi connectivity index (χ4v) is 1.45. The number of carboxylic acids is 2. The third-order valence-electron chi connectivity index (χ3n) is 2.69. The molecule has 0 spiro atoms. The van der Waals surface area contributed by atoms with Crippen LogP contribution in [0.1, 0.15) is 25.7 Å². The van der Waals surface area contributed by atoms with Gasteiger partial charge in [0.25, 0.3) is 0 Å². The summed E-state index contributed by atoms with van der Waals surface area (Å²) < 4.78 is 4.45. The number of urea groups is 1. The zero-order valence-corrected chi connectivity index (χ0v) is 12.0. The molecule has 0 bridgehead atoms. The lowest BCUT2D eigenvalue weighted by Crippen LogP contribution is -2.47. The molecule has 0 fully saturated rings. The summed E-state index contributed by atoms with van der Waals surface area (Å²) in [4.78, 5) is 45.2. The normalized spacial score (nSPS) is 11.3. The lowest BCUT2D eigenvalue weighted by atomic mass is 10.1. The van der Waals surface area contributed by atoms with Crippen molar-refractivity contribution in [2.45, 2.75) is 31.7 Å². The smallest absolute Gasteiger partial charge is 0.326 e. The molecule has 0 heterocycles. The summed E-state index contributed by atoms with van der Waals surface area (Å²) in [5.74, 6) is -2.83. The van der Waals surface area contributed by atoms with Crippen LogP contribution in [-0.4, -0.2) is 65.8 Å². The Morgan fingerprint density at radius 3 is 2.29 bits per heavy atom. The molecule has 0 rings (SSSR count). The molecule has 0 aliphatic carbocycles. The summed E-state index contributed by atoms with van der Waals surface area (Å²) in [5.41, 5.74) is 0. The molecular formula is C12H20N2O7. The largest absolute Gasteiger partial charge is 0.481 e. The van der Waals surface area contributed by atoms with Crippen molar-refractivity contribution in [3.63, 3.8) is 0 Å². The highest BCUT2D eigenvalue weighted by Crippen LogP contribution is 2.01. The standard InChI is InChI=1S/C12H20N2O7/c1-14(7-3-4-10(17)21-2)12(20)13-8(11(18)19)5-6-9(15)16/h8H,3-7H2,1-2H3,(H,13,20)(H,15,16)(H,18,19)/t8-/m0/s1. The number of carbonyl (C=O) groups excluding carboxylic acids is 2. The number of nitrogens with one attached hydrogen (secondary N) is 1. The zero-order chi connectivity index (χ0) is 16.4. The monoisotopic (exact) mass is 304 g/mol. The summed E-state index contributed by atoms with van der Waals surface area (Å²) >= 11 is 0. The first kappa shape index (κ1) is 18.7. The fraction of sp³-hybridized carbons (Fsp3) is 0.667. The molecule has 9 nitrogen and oxygen atoms in total. The van der Waals surface area contributed by atoms with E-state index in [1.54, 1.807) is 0 Å². The first-order chi connectivity index (χ1) is 9.77. The van der Waals surface area contributed by atoms with Gasteiger partial charge in [0, 0.05) is 26.4 Å². The van der Waals surface area contributed by atoms with Crippen LogP contribution in [0.25, 0.3) is 0 Å². The predicted molar refractivity (Wildman–Crippen MR) is 70.7 cm³/mol. The number of nitrogens with zero attached hydrogens (tertiary/aromatic N) is 1. The van der Waals surface area contributed by atoms with Crippen molar-refractivity contribution in [2.75, 3.05) is 20.7 Å². The second-order valence-electron chi connectivity index (χ2n) is 4.37. The Morgan fingerprint density at radius 1 is 1.19 bits per heavy atom. The molecule has 0 aromatic carbocycles. The van der Waals surface area contributed by atoms with Crippen molar-refractivity contribution in [2.24, 2.45) is 0 Å². The molecule has 0 unspecified atom stereocenters. The first-order valence-corrected chi connectivity index (χ1v) is 6.31. The van der Waals surface area contributed by atoms with Gasteiger partial charge in [-0.15, -0.1) is 0 Å². The Balaban J connectivity index is 4.24. The van der Waals surface area contributed by atoms with E-state index in [2.05, 4.69) is 10.1 Å². The van der Waals surface area contributed by atoms with Crippen LogP contribution in [0.3, 0.4) is 0 Å². The molecule has 21 heavy (non-hydrogen) atoms. The van der Waals surface area contributed by atoms with Crippen LogP contribution in [0.5, 0.6) is 0 Å². The average Bonchev–Trinajstić information content (AvgIpc) is 2.41. The summed E-state index contributed by atoms with van der Waals surface area (Å²) in [6.45, 7) is 0.242. The molecule has 0 aromatic rings. The van der Waals surface area contributed by atoms with Crippen molar-refractivity contribution < 1.29 is 34.1 Å². The summed E-state index contributed by atoms with van der Waals surface area (Å²) in [5, 5.41) is 19.7. The maximum absolute atomic E-state index is 11.7. The van der Waals surface area contributed by atoms with E-state index >= 15 is 0 Å². The first-order valence-electron chi connectivity index (χ1n) is 6.31. The molecule has 0 saturated carbocycles. The number of amides is 2. The van der Waals surface area contributed by atoms with Gasteiger partial charge in [0.1, 0.15) is 6.04 Å². The van der Waals surface area contributed by atoms with Crippen LogP contribution in [0.4, 0.5) is 4.79 Å². The topological polar surface area (TPSA) is 133 Å². The Kier molecular flexibility index (Phi) is 8.51. The summed E-state index contributed by atoms with van der Waals surface area (Å²) in [6.07, 6.45) is -0.0331. The highest BCUT2D eigenvalue weighted by Gasteiger charge is 2.22. The Hall–Kier alpha value is -2.32. The molecule has 120 valence electrons. The predicted octanol–water partition coefficient (Wildman–Crippen LogP) is -0.101. The Labute approximate surface area is 121 Å². The fourth-order valence-electron chi connectivity index (χ4n) is 1.45. The van der Waals surface area contributed by atoms with E-state index in [1.165, 1.54) is 19.1 Å². The van der Waals surface area contributed by atoms with Crippen LogP contribution in [-0.2, 0) is 19.1 Å². The summed E-state index contributed by atoms with van der Waals surface area (Å²) in [6, 6.07) is -1.91. The molecular weight excluding hydrogens is 284 g/mol. The minimum atomic E-state index is -1.30. The van der Waals surface area contributed by atoms with Gasteiger partial charge in [-0.2, -0.15) is 0 Å². The zero-order valence-electron chi connectivity index (χ0n) is 12.0. The molecule has 1 atom stereocenters. The van der Waals surface area contributed by atoms with E-state index in [1.807, 2.05) is 0 Å². The van der Waals surface area contributed by atoms with Crippen LogP contribution in [0, 0.1) is 0 Å². The van der Waals surface area contributed by atoms with Gasteiger partial charge < -0.3 is 25.2 Å². The second-order valence-corrected chi connectivity index (χ2v) is 4.37. The van der Waals surface area contributed by atoms with Gasteiger partial charge in [0.2, 0.25) is 0 Å². The van der Waals surface area contributed by atoms with Gasteiger partial charge >= 0.3 is 23.9 Å². The SMILES string of the molecule is COC(=O)CCCN(C)C(=O)N[C@@H](CCC(=O)O)C(=O)O. The second kappa shape index (κ2) is 9.56. The number of carboxylic acid groups (broad SMARTS) is 2. The molecule has 0 aromatic heterocycles. The molecule has 0 aliphatic heterocycles. The van der Waals surface area contributed by atoms with Gasteiger partial charge in [0.15, 0.2) is 0 Å². The lowest BCUT2D eigenvalue weighted by molar-refractivity contribution is -0.141. The van der Waals surface area contributed by atoms with E-state index in [9.17, 15) is 19.2 Å². The maximum Gasteiger partial charge on any atom is 0.326 e. The van der Waals surface area contributed by atoms with Crippen LogP contribution >= 0.6 is 0 Å². The Bertz CT molecular complexity index is 397. The molecule has 0 radical (unpaired) electrons. The molecule has 0 saturated heterocycles. The number of methoxy groups -OCH3 is 1. The number of hydrogen-bond donors (Lipinski definition) is 3. The van der Waals surface area contributed by atoms with E-state index in [0.29, 0.717) is 6.42 Å². The lowest BCUT2D eigenvalue weighted by Gasteiger charge is -2.21. The molecule has 0 aliphatic rings. The number of rotatable bonds is 9. The van der Waals surface area contributed by atoms with Gasteiger partial charge in [0.05, 0.1) is 7.11 Å². The van der Waals surface area contributed by atoms with Crippen molar-refractivity contribution in [3.05, 3.63) is 0 Å². The minimum Gasteiger partial charge on any atom is -0.481 e. The van der Waals surface area contributed by atoms with Gasteiger partial charge in [-0.25, -0.2) is 9.59 Å². The highest BCUT2D eigenvalue weighted by atomic mass is 16.5. The maximum atomic E-state index is 11.7. The number of hydrogen-bond acceptors (Lipinski definition) is 5. The number of ether oxygens (including phenoxy) is 1. The van der Waals surface area contributed by atoms with Crippen molar-refractivity contribution in [1.29, 1.82) is 0 Å². The third kappa shape index (κ3) is 8.45. The average molecular weight is 304 g/mol. The Morgan fingerprint density at radius 2 is 1.81 bits per heavy atom. The summed E-state index contributed by atoms with van der Waals surface area (Å²) in [7, 11) is 2.71. The molecule has 3 N–H and O–H groups in total. The van der Waals surface area contributed by atoms with Gasteiger partial charge in [-0.1, -0.05) is 0 Å². The van der Waals surface area contributed by atoms with Crippen LogP contribution < -0.4 is 5.32 Å². The molecule has 2 amide bonds. The number of aliphatic carboxylic acids is 2. The van der Waals surface area contributed by atoms with E-state index < -0.39 is 30.0 Å². The third-order valence-corrected chi connectivity index (χ3v) is 2.69. The van der Waals surface area contributed by atoms with Crippen molar-refractivity contribution in [1.82, 2.24) is 10.2 Å². The van der Waals surface area contributed by atoms with E-state index in [0.717, 1.165) is 0 Å². The van der Waals surface area contributed by atoms with E-state index in [4.69, 9.17) is 10.2 Å². The minimum absolute atomic E-state index is 0.148. The van der Waals surface area contributed by atoms with Gasteiger partial charge in [-0.05, 0) is 12.8 Å². The number of esters is 1. The van der Waals surface area contributed by atoms with Crippen LogP contribution in [0.2, 0.25) is 0 Å².